The number of hydrogen-bond donors (Lipinski definition) is 2. The van der Waals surface area contributed by atoms with Gasteiger partial charge in [0, 0.05) is 43.2 Å². The molecule has 2 heterocycles. The Labute approximate surface area is 162 Å². The van der Waals surface area contributed by atoms with Crippen molar-refractivity contribution in [1.82, 2.24) is 15.1 Å². The number of nitrogens with zero attached hydrogens (tertiary/aromatic N) is 2. The molecule has 0 aromatic carbocycles. The molecule has 4 aliphatic rings. The highest BCUT2D eigenvalue weighted by Gasteiger charge is 2.59. The molecular formula is C21H34N4O2. The Balaban J connectivity index is 1.62. The van der Waals surface area contributed by atoms with Crippen molar-refractivity contribution in [3.8, 4) is 0 Å². The largest absolute Gasteiger partial charge is 0.443 e. The minimum Gasteiger partial charge on any atom is -0.443 e. The van der Waals surface area contributed by atoms with Crippen LogP contribution in [0.3, 0.4) is 0 Å². The fourth-order valence-corrected chi connectivity index (χ4v) is 6.03. The number of carbonyl (C=O) groups is 1. The predicted octanol–water partition coefficient (Wildman–Crippen LogP) is 3.30. The van der Waals surface area contributed by atoms with Gasteiger partial charge in [0.25, 0.3) is 0 Å². The van der Waals surface area contributed by atoms with Crippen LogP contribution in [0.4, 0.5) is 4.79 Å². The summed E-state index contributed by atoms with van der Waals surface area (Å²) in [6.45, 7) is 11.9. The number of rotatable bonds is 3. The zero-order valence-electron chi connectivity index (χ0n) is 17.2. The minimum atomic E-state index is -0.623. The molecule has 27 heavy (non-hydrogen) atoms. The summed E-state index contributed by atoms with van der Waals surface area (Å²) < 4.78 is 8.07. The van der Waals surface area contributed by atoms with E-state index in [9.17, 15) is 4.79 Å². The molecule has 1 unspecified atom stereocenters. The summed E-state index contributed by atoms with van der Waals surface area (Å²) in [6, 6.07) is 0. The molecule has 6 nitrogen and oxygen atoms in total. The van der Waals surface area contributed by atoms with E-state index >= 15 is 0 Å². The molecule has 6 heteroatoms. The van der Waals surface area contributed by atoms with E-state index in [1.165, 1.54) is 17.0 Å². The standard InChI is InChI=1S/C21H34N4O2/c1-14-15-12-23-10-5-16(15)24-25(14)13-20-6-8-21(9-7-20,27-18(22)26)17(11-20)19(2,3)4/h17,23H,5-13H2,1-4H3,(H2,22,26). The first-order valence-electron chi connectivity index (χ1n) is 10.4. The van der Waals surface area contributed by atoms with Crippen LogP contribution in [0.15, 0.2) is 0 Å². The molecule has 5 rings (SSSR count). The summed E-state index contributed by atoms with van der Waals surface area (Å²) in [4.78, 5) is 11.6. The molecule has 0 radical (unpaired) electrons. The van der Waals surface area contributed by atoms with Gasteiger partial charge in [-0.1, -0.05) is 20.8 Å². The Bertz CT molecular complexity index is 738. The first kappa shape index (κ1) is 18.8. The van der Waals surface area contributed by atoms with Crippen LogP contribution < -0.4 is 11.1 Å². The number of amides is 1. The van der Waals surface area contributed by atoms with Gasteiger partial charge in [-0.15, -0.1) is 0 Å². The van der Waals surface area contributed by atoms with Crippen LogP contribution in [-0.4, -0.2) is 28.0 Å². The quantitative estimate of drug-likeness (QED) is 0.850. The average molecular weight is 375 g/mol. The van der Waals surface area contributed by atoms with Gasteiger partial charge in [-0.2, -0.15) is 5.10 Å². The molecular weight excluding hydrogens is 340 g/mol. The molecule has 3 saturated carbocycles. The zero-order chi connectivity index (χ0) is 19.4. The van der Waals surface area contributed by atoms with E-state index in [0.717, 1.165) is 58.2 Å². The van der Waals surface area contributed by atoms with Gasteiger partial charge in [0.15, 0.2) is 0 Å². The van der Waals surface area contributed by atoms with Gasteiger partial charge >= 0.3 is 6.09 Å². The minimum absolute atomic E-state index is 0.0733. The van der Waals surface area contributed by atoms with Crippen molar-refractivity contribution in [1.29, 1.82) is 0 Å². The van der Waals surface area contributed by atoms with E-state index in [-0.39, 0.29) is 16.4 Å². The van der Waals surface area contributed by atoms with Gasteiger partial charge in [-0.05, 0) is 49.9 Å². The van der Waals surface area contributed by atoms with Crippen molar-refractivity contribution in [3.05, 3.63) is 17.0 Å². The van der Waals surface area contributed by atoms with Crippen LogP contribution in [-0.2, 0) is 24.2 Å². The second-order valence-corrected chi connectivity index (χ2v) is 10.2. The lowest BCUT2D eigenvalue weighted by atomic mass is 9.49. The summed E-state index contributed by atoms with van der Waals surface area (Å²) in [5, 5.41) is 8.45. The van der Waals surface area contributed by atoms with Gasteiger partial charge < -0.3 is 15.8 Å². The van der Waals surface area contributed by atoms with E-state index in [1.807, 2.05) is 0 Å². The lowest BCUT2D eigenvalue weighted by Gasteiger charge is -2.60. The van der Waals surface area contributed by atoms with Gasteiger partial charge in [-0.25, -0.2) is 4.79 Å². The molecule has 3 N–H and O–H groups in total. The second-order valence-electron chi connectivity index (χ2n) is 10.2. The lowest BCUT2D eigenvalue weighted by molar-refractivity contribution is -0.172. The van der Waals surface area contributed by atoms with Crippen molar-refractivity contribution >= 4 is 6.09 Å². The van der Waals surface area contributed by atoms with Gasteiger partial charge in [0.2, 0.25) is 0 Å². The normalized spacial score (nSPS) is 33.0. The second kappa shape index (κ2) is 6.23. The van der Waals surface area contributed by atoms with Crippen molar-refractivity contribution in [3.63, 3.8) is 0 Å². The van der Waals surface area contributed by atoms with Crippen LogP contribution in [0.2, 0.25) is 0 Å². The fraction of sp³-hybridized carbons (Fsp3) is 0.810. The van der Waals surface area contributed by atoms with E-state index in [1.54, 1.807) is 0 Å². The third-order valence-corrected chi connectivity index (χ3v) is 7.52. The zero-order valence-corrected chi connectivity index (χ0v) is 17.2. The van der Waals surface area contributed by atoms with Crippen LogP contribution in [0.5, 0.6) is 0 Å². The maximum Gasteiger partial charge on any atom is 0.405 e. The monoisotopic (exact) mass is 374 g/mol. The number of aromatic nitrogens is 2. The summed E-state index contributed by atoms with van der Waals surface area (Å²) in [5.41, 5.74) is 9.37. The third-order valence-electron chi connectivity index (χ3n) is 7.52. The van der Waals surface area contributed by atoms with E-state index in [4.69, 9.17) is 15.6 Å². The highest BCUT2D eigenvalue weighted by molar-refractivity contribution is 5.65. The van der Waals surface area contributed by atoms with Crippen molar-refractivity contribution in [2.45, 2.75) is 84.9 Å². The number of ether oxygens (including phenoxy) is 1. The molecule has 1 aromatic rings. The molecule has 0 saturated heterocycles. The van der Waals surface area contributed by atoms with Crippen molar-refractivity contribution < 1.29 is 9.53 Å². The lowest BCUT2D eigenvalue weighted by Crippen LogP contribution is -2.59. The summed E-state index contributed by atoms with van der Waals surface area (Å²) >= 11 is 0. The first-order chi connectivity index (χ1) is 12.6. The molecule has 1 aromatic heterocycles. The molecule has 3 aliphatic carbocycles. The molecule has 1 amide bonds. The van der Waals surface area contributed by atoms with Crippen LogP contribution in [0.1, 0.15) is 69.8 Å². The highest BCUT2D eigenvalue weighted by atomic mass is 16.6. The van der Waals surface area contributed by atoms with E-state index in [0.29, 0.717) is 5.92 Å². The Kier molecular flexibility index (Phi) is 4.33. The first-order valence-corrected chi connectivity index (χ1v) is 10.4. The fourth-order valence-electron chi connectivity index (χ4n) is 6.03. The van der Waals surface area contributed by atoms with Crippen molar-refractivity contribution in [2.24, 2.45) is 22.5 Å². The average Bonchev–Trinajstić information content (AvgIpc) is 2.90. The summed E-state index contributed by atoms with van der Waals surface area (Å²) in [5.74, 6) is 0.326. The highest BCUT2D eigenvalue weighted by Crippen LogP contribution is 2.61. The Morgan fingerprint density at radius 1 is 1.33 bits per heavy atom. The maximum absolute atomic E-state index is 11.6. The van der Waals surface area contributed by atoms with Gasteiger partial charge in [-0.3, -0.25) is 4.68 Å². The maximum atomic E-state index is 11.6. The number of nitrogens with one attached hydrogen (secondary N) is 1. The SMILES string of the molecule is Cc1c2c(nn1CC13CCC(OC(N)=O)(CC1)C(C(C)(C)C)C3)CCNC2. The smallest absolute Gasteiger partial charge is 0.405 e. The molecule has 2 bridgehead atoms. The van der Waals surface area contributed by atoms with Gasteiger partial charge in [0.05, 0.1) is 5.69 Å². The predicted molar refractivity (Wildman–Crippen MR) is 104 cm³/mol. The van der Waals surface area contributed by atoms with E-state index < -0.39 is 6.09 Å². The summed E-state index contributed by atoms with van der Waals surface area (Å²) in [6.07, 6.45) is 5.47. The molecule has 3 fully saturated rings. The van der Waals surface area contributed by atoms with Gasteiger partial charge in [0.1, 0.15) is 5.60 Å². The van der Waals surface area contributed by atoms with E-state index in [2.05, 4.69) is 37.7 Å². The Hall–Kier alpha value is -1.56. The Morgan fingerprint density at radius 3 is 2.63 bits per heavy atom. The Morgan fingerprint density at radius 2 is 2.04 bits per heavy atom. The molecule has 1 atom stereocenters. The topological polar surface area (TPSA) is 82.2 Å². The third kappa shape index (κ3) is 3.16. The molecule has 1 aliphatic heterocycles. The van der Waals surface area contributed by atoms with Crippen LogP contribution >= 0.6 is 0 Å². The number of fused-ring (bicyclic) bond motifs is 4. The number of carbonyl (C=O) groups excluding carboxylic acids is 1. The van der Waals surface area contributed by atoms with Crippen molar-refractivity contribution in [2.75, 3.05) is 6.54 Å². The molecule has 150 valence electrons. The number of hydrogen-bond acceptors (Lipinski definition) is 4. The number of primary amides is 1. The number of nitrogens with two attached hydrogens (primary N) is 1. The summed E-state index contributed by atoms with van der Waals surface area (Å²) in [7, 11) is 0. The molecule has 0 spiro atoms. The van der Waals surface area contributed by atoms with Crippen LogP contribution in [0.25, 0.3) is 0 Å². The van der Waals surface area contributed by atoms with Crippen LogP contribution in [0, 0.1) is 23.7 Å².